The van der Waals surface area contributed by atoms with Crippen LogP contribution in [0.1, 0.15) is 89.8 Å². The molecule has 1 unspecified atom stereocenters. The molecule has 0 aliphatic carbocycles. The molecule has 3 rings (SSSR count). The summed E-state index contributed by atoms with van der Waals surface area (Å²) in [6.07, 6.45) is 7.37. The number of hydrogen-bond acceptors (Lipinski definition) is 8. The standard InChI is InChI=1S/C24H36N4O3.C2H6.C2H5.CHO.U/c1-4-6-7-9-17(5-2)26-24-20(14-25)19-10-8-11-31-15-16-12-18(30-3)13-21(29)22(16)23(19)27-28-24;3*1-2;/h12-13,17,29H,4-11,14-15,25H2,1-3H3,(H,26,28);1-2H3;1H2,2H3;1H;/q;;2*-1;+2. The first kappa shape index (κ1) is 38.5. The van der Waals surface area contributed by atoms with Crippen molar-refractivity contribution >= 4 is 12.6 Å². The fourth-order valence-electron chi connectivity index (χ4n) is 4.22. The van der Waals surface area contributed by atoms with Gasteiger partial charge in [0.15, 0.2) is 5.82 Å². The van der Waals surface area contributed by atoms with Crippen LogP contribution in [0, 0.1) is 38.0 Å². The van der Waals surface area contributed by atoms with E-state index in [9.17, 15) is 5.11 Å². The Bertz CT molecular complexity index is 899. The number of methoxy groups -OCH3 is 1. The molecule has 212 valence electrons. The van der Waals surface area contributed by atoms with E-state index in [0.717, 1.165) is 48.2 Å². The Labute approximate surface area is 254 Å². The van der Waals surface area contributed by atoms with E-state index < -0.39 is 0 Å². The van der Waals surface area contributed by atoms with Gasteiger partial charge in [0.1, 0.15) is 17.2 Å². The summed E-state index contributed by atoms with van der Waals surface area (Å²) in [7, 11) is 1.58. The van der Waals surface area contributed by atoms with Crippen LogP contribution in [0.25, 0.3) is 11.3 Å². The third-order valence-corrected chi connectivity index (χ3v) is 6.00. The van der Waals surface area contributed by atoms with Gasteiger partial charge in [0.25, 0.3) is 0 Å². The SMILES string of the molecule is CC.CCCCCC(CC)Nc1nnc2c(c1CN)CCCOCc1cc(OC)cc(O)c1-2.[CH-]=O.[CH2-]C.[U+2]. The molecule has 1 aromatic carbocycles. The number of phenols is 1. The van der Waals surface area contributed by atoms with Gasteiger partial charge in [-0.3, -0.25) is 6.79 Å². The molecule has 0 radical (unpaired) electrons. The van der Waals surface area contributed by atoms with E-state index in [1.807, 2.05) is 19.9 Å². The Morgan fingerprint density at radius 1 is 1.21 bits per heavy atom. The molecule has 1 atom stereocenters. The Morgan fingerprint density at radius 3 is 2.47 bits per heavy atom. The minimum absolute atomic E-state index is 0. The molecule has 9 heteroatoms. The number of aromatic hydroxyl groups is 1. The number of hydrogen-bond donors (Lipinski definition) is 3. The van der Waals surface area contributed by atoms with Crippen molar-refractivity contribution < 1.29 is 50.5 Å². The number of unbranched alkanes of at least 4 members (excludes halogenated alkanes) is 2. The molecular weight excluding hydrogens is 706 g/mol. The van der Waals surface area contributed by atoms with Crippen LogP contribution in [-0.2, 0) is 29.1 Å². The molecule has 4 N–H and O–H groups in total. The first-order valence-electron chi connectivity index (χ1n) is 13.4. The topological polar surface area (TPSA) is 120 Å². The molecule has 0 amide bonds. The van der Waals surface area contributed by atoms with E-state index in [0.29, 0.717) is 42.8 Å². The molecule has 0 bridgehead atoms. The molecule has 1 aliphatic rings. The van der Waals surface area contributed by atoms with Gasteiger partial charge < -0.3 is 37.3 Å². The van der Waals surface area contributed by atoms with Crippen LogP contribution in [0.5, 0.6) is 11.5 Å². The summed E-state index contributed by atoms with van der Waals surface area (Å²) in [5.74, 6) is 1.47. The van der Waals surface area contributed by atoms with E-state index in [1.165, 1.54) is 19.3 Å². The number of anilines is 1. The first-order valence-corrected chi connectivity index (χ1v) is 13.4. The molecule has 2 aromatic rings. The molecule has 8 nitrogen and oxygen atoms in total. The van der Waals surface area contributed by atoms with Gasteiger partial charge in [-0.2, -0.15) is 6.92 Å². The van der Waals surface area contributed by atoms with Gasteiger partial charge in [0.2, 0.25) is 0 Å². The van der Waals surface area contributed by atoms with Crippen LogP contribution in [0.2, 0.25) is 0 Å². The largest absolute Gasteiger partial charge is 2.00 e. The second-order valence-electron chi connectivity index (χ2n) is 8.14. The number of rotatable bonds is 9. The number of nitrogens with zero attached hydrogens (tertiary/aromatic N) is 2. The third-order valence-electron chi connectivity index (χ3n) is 6.00. The fraction of sp³-hybridized carbons (Fsp3) is 0.586. The number of benzene rings is 1. The number of fused-ring (bicyclic) bond motifs is 3. The van der Waals surface area contributed by atoms with E-state index in [4.69, 9.17) is 20.0 Å². The number of phenolic OH excluding ortho intramolecular Hbond substituents is 1. The van der Waals surface area contributed by atoms with Crippen molar-refractivity contribution in [2.75, 3.05) is 19.0 Å². The third kappa shape index (κ3) is 11.2. The van der Waals surface area contributed by atoms with E-state index in [1.54, 1.807) is 20.1 Å². The molecule has 0 spiro atoms. The summed E-state index contributed by atoms with van der Waals surface area (Å²) in [4.78, 5) is 7.75. The summed E-state index contributed by atoms with van der Waals surface area (Å²) in [6.45, 7) is 18.0. The zero-order valence-corrected chi connectivity index (χ0v) is 28.4. The number of carbonyl (C=O) groups excluding carboxylic acids is 1. The Balaban J connectivity index is 0. The predicted molar refractivity (Wildman–Crippen MR) is 153 cm³/mol. The van der Waals surface area contributed by atoms with Crippen LogP contribution in [-0.4, -0.2) is 41.9 Å². The van der Waals surface area contributed by atoms with E-state index in [-0.39, 0.29) is 36.9 Å². The summed E-state index contributed by atoms with van der Waals surface area (Å²) >= 11 is 0. The van der Waals surface area contributed by atoms with Crippen molar-refractivity contribution in [3.63, 3.8) is 0 Å². The van der Waals surface area contributed by atoms with Crippen molar-refractivity contribution in [3.8, 4) is 22.8 Å². The molecule has 38 heavy (non-hydrogen) atoms. The summed E-state index contributed by atoms with van der Waals surface area (Å²) < 4.78 is 11.2. The van der Waals surface area contributed by atoms with Crippen molar-refractivity contribution in [2.45, 2.75) is 98.8 Å². The average molecular weight is 755 g/mol. The van der Waals surface area contributed by atoms with Crippen molar-refractivity contribution in [2.24, 2.45) is 5.73 Å². The second-order valence-corrected chi connectivity index (χ2v) is 8.14. The smallest absolute Gasteiger partial charge is 0.545 e. The maximum Gasteiger partial charge on any atom is 2.00 e. The first-order chi connectivity index (χ1) is 18.1. The molecule has 2 heterocycles. The van der Waals surface area contributed by atoms with Crippen LogP contribution in [0.15, 0.2) is 12.1 Å². The Kier molecular flexibility index (Phi) is 23.5. The minimum atomic E-state index is 0. The van der Waals surface area contributed by atoms with E-state index in [2.05, 4.69) is 43.1 Å². The van der Waals surface area contributed by atoms with Crippen LogP contribution >= 0.6 is 0 Å². The zero-order chi connectivity index (χ0) is 28.2. The average Bonchev–Trinajstić information content (AvgIpc) is 3.04. The Morgan fingerprint density at radius 2 is 1.89 bits per heavy atom. The number of nitrogens with two attached hydrogens (primary N) is 1. The van der Waals surface area contributed by atoms with Gasteiger partial charge in [0, 0.05) is 36.4 Å². The summed E-state index contributed by atoms with van der Waals surface area (Å²) in [5.41, 5.74) is 10.4. The van der Waals surface area contributed by atoms with Crippen molar-refractivity contribution in [3.05, 3.63) is 35.7 Å². The molecule has 0 saturated carbocycles. The predicted octanol–water partition coefficient (Wildman–Crippen LogP) is 6.14. The molecular formula is C29H48N4O4U. The van der Waals surface area contributed by atoms with Crippen LogP contribution in [0.3, 0.4) is 0 Å². The number of nitrogens with one attached hydrogen (secondary N) is 1. The maximum absolute atomic E-state index is 10.8. The van der Waals surface area contributed by atoms with Gasteiger partial charge >= 0.3 is 31.1 Å². The van der Waals surface area contributed by atoms with Gasteiger partial charge in [-0.15, -0.1) is 10.2 Å². The monoisotopic (exact) mass is 754 g/mol. The fourth-order valence-corrected chi connectivity index (χ4v) is 4.22. The quantitative estimate of drug-likeness (QED) is 0.159. The summed E-state index contributed by atoms with van der Waals surface area (Å²) in [5, 5.41) is 23.5. The summed E-state index contributed by atoms with van der Waals surface area (Å²) in [6, 6.07) is 3.84. The maximum atomic E-state index is 10.8. The second kappa shape index (κ2) is 23.2. The Hall–Kier alpha value is -1.66. The molecule has 0 saturated heterocycles. The van der Waals surface area contributed by atoms with Gasteiger partial charge in [-0.05, 0) is 42.9 Å². The number of ether oxygens (including phenoxy) is 2. The van der Waals surface area contributed by atoms with Crippen molar-refractivity contribution in [1.82, 2.24) is 10.2 Å². The number of aromatic nitrogens is 2. The molecule has 0 fully saturated rings. The van der Waals surface area contributed by atoms with Crippen LogP contribution < -0.4 is 15.8 Å². The van der Waals surface area contributed by atoms with Crippen molar-refractivity contribution in [1.29, 1.82) is 0 Å². The van der Waals surface area contributed by atoms with E-state index >= 15 is 0 Å². The molecule has 1 aliphatic heterocycles. The zero-order valence-electron chi connectivity index (χ0n) is 24.2. The van der Waals surface area contributed by atoms with Gasteiger partial charge in [0.05, 0.1) is 13.7 Å². The van der Waals surface area contributed by atoms with Gasteiger partial charge in [-0.1, -0.05) is 47.0 Å². The van der Waals surface area contributed by atoms with Crippen LogP contribution in [0.4, 0.5) is 5.82 Å². The molecule has 1 aromatic heterocycles. The minimum Gasteiger partial charge on any atom is -0.545 e. The normalized spacial score (nSPS) is 12.3. The van der Waals surface area contributed by atoms with Gasteiger partial charge in [-0.25, -0.2) is 0 Å².